The standard InChI is InChI=1S/C23H29N5O3/c1-16(2)25-23-24-10-8-20(26-23)28(13-4-12-27-11-3-5-21(27)29)22(30)18-6-7-19-17(15-18)9-14-31-19/h6-8,10,15-16H,3-5,9,11-14H2,1-2H3,(H,24,25,26). The minimum atomic E-state index is -0.114. The molecule has 164 valence electrons. The topological polar surface area (TPSA) is 87.7 Å². The molecule has 1 aromatic carbocycles. The van der Waals surface area contributed by atoms with Crippen LogP contribution in [0, 0.1) is 0 Å². The van der Waals surface area contributed by atoms with Crippen LogP contribution in [0.4, 0.5) is 11.8 Å². The van der Waals surface area contributed by atoms with E-state index in [9.17, 15) is 9.59 Å². The number of likely N-dealkylation sites (tertiary alicyclic amines) is 1. The van der Waals surface area contributed by atoms with Gasteiger partial charge in [-0.2, -0.15) is 4.98 Å². The van der Waals surface area contributed by atoms with E-state index in [1.54, 1.807) is 23.2 Å². The predicted octanol–water partition coefficient (Wildman–Crippen LogP) is 2.89. The molecule has 2 aliphatic heterocycles. The predicted molar refractivity (Wildman–Crippen MR) is 119 cm³/mol. The maximum absolute atomic E-state index is 13.5. The molecule has 0 spiro atoms. The summed E-state index contributed by atoms with van der Waals surface area (Å²) in [5.74, 6) is 1.97. The van der Waals surface area contributed by atoms with Gasteiger partial charge in [0.1, 0.15) is 11.6 Å². The van der Waals surface area contributed by atoms with Gasteiger partial charge in [-0.05, 0) is 56.5 Å². The van der Waals surface area contributed by atoms with Gasteiger partial charge in [-0.1, -0.05) is 0 Å². The van der Waals surface area contributed by atoms with Gasteiger partial charge in [0.15, 0.2) is 0 Å². The fourth-order valence-electron chi connectivity index (χ4n) is 3.98. The summed E-state index contributed by atoms with van der Waals surface area (Å²) in [6.45, 7) is 6.58. The van der Waals surface area contributed by atoms with Crippen LogP contribution in [-0.4, -0.2) is 59.0 Å². The fraction of sp³-hybridized carbons (Fsp3) is 0.478. The average molecular weight is 424 g/mol. The van der Waals surface area contributed by atoms with Crippen molar-refractivity contribution >= 4 is 23.6 Å². The van der Waals surface area contributed by atoms with Crippen molar-refractivity contribution in [3.8, 4) is 5.75 Å². The number of rotatable bonds is 8. The molecule has 2 aromatic rings. The van der Waals surface area contributed by atoms with Crippen LogP contribution in [0.15, 0.2) is 30.5 Å². The van der Waals surface area contributed by atoms with Gasteiger partial charge in [-0.3, -0.25) is 14.5 Å². The van der Waals surface area contributed by atoms with E-state index in [-0.39, 0.29) is 17.9 Å². The number of ether oxygens (including phenoxy) is 1. The minimum absolute atomic E-state index is 0.114. The Morgan fingerprint density at radius 1 is 1.29 bits per heavy atom. The summed E-state index contributed by atoms with van der Waals surface area (Å²) >= 11 is 0. The molecule has 1 N–H and O–H groups in total. The molecule has 1 saturated heterocycles. The van der Waals surface area contributed by atoms with Gasteiger partial charge >= 0.3 is 0 Å². The summed E-state index contributed by atoms with van der Waals surface area (Å²) in [4.78, 5) is 37.8. The number of nitrogens with zero attached hydrogens (tertiary/aromatic N) is 4. The van der Waals surface area contributed by atoms with Crippen molar-refractivity contribution < 1.29 is 14.3 Å². The van der Waals surface area contributed by atoms with Crippen molar-refractivity contribution in [3.63, 3.8) is 0 Å². The third-order valence-electron chi connectivity index (χ3n) is 5.50. The maximum Gasteiger partial charge on any atom is 0.259 e. The van der Waals surface area contributed by atoms with Gasteiger partial charge < -0.3 is 15.0 Å². The van der Waals surface area contributed by atoms with E-state index in [1.807, 2.05) is 30.9 Å². The van der Waals surface area contributed by atoms with Crippen molar-refractivity contribution in [1.82, 2.24) is 14.9 Å². The quantitative estimate of drug-likeness (QED) is 0.703. The molecule has 0 aliphatic carbocycles. The Balaban J connectivity index is 1.55. The van der Waals surface area contributed by atoms with Crippen molar-refractivity contribution in [2.45, 2.75) is 45.6 Å². The smallest absolute Gasteiger partial charge is 0.259 e. The monoisotopic (exact) mass is 423 g/mol. The lowest BCUT2D eigenvalue weighted by Crippen LogP contribution is -2.35. The summed E-state index contributed by atoms with van der Waals surface area (Å²) in [6.07, 6.45) is 4.69. The number of hydrogen-bond acceptors (Lipinski definition) is 6. The van der Waals surface area contributed by atoms with Crippen molar-refractivity contribution in [3.05, 3.63) is 41.6 Å². The molecule has 0 saturated carbocycles. The van der Waals surface area contributed by atoms with Crippen molar-refractivity contribution in [2.75, 3.05) is 36.5 Å². The lowest BCUT2D eigenvalue weighted by molar-refractivity contribution is -0.127. The molecule has 1 aromatic heterocycles. The van der Waals surface area contributed by atoms with E-state index in [0.29, 0.717) is 49.9 Å². The van der Waals surface area contributed by atoms with Crippen LogP contribution in [0.2, 0.25) is 0 Å². The van der Waals surface area contributed by atoms with Crippen LogP contribution in [0.1, 0.15) is 49.0 Å². The van der Waals surface area contributed by atoms with Gasteiger partial charge in [0.05, 0.1) is 6.61 Å². The van der Waals surface area contributed by atoms with E-state index in [1.165, 1.54) is 0 Å². The number of fused-ring (bicyclic) bond motifs is 1. The van der Waals surface area contributed by atoms with Crippen molar-refractivity contribution in [1.29, 1.82) is 0 Å². The second-order valence-corrected chi connectivity index (χ2v) is 8.25. The summed E-state index contributed by atoms with van der Waals surface area (Å²) in [7, 11) is 0. The summed E-state index contributed by atoms with van der Waals surface area (Å²) in [5.41, 5.74) is 1.66. The maximum atomic E-state index is 13.5. The van der Waals surface area contributed by atoms with Crippen LogP contribution in [-0.2, 0) is 11.2 Å². The number of nitrogens with one attached hydrogen (secondary N) is 1. The molecule has 8 nitrogen and oxygen atoms in total. The Labute approximate surface area is 182 Å². The van der Waals surface area contributed by atoms with E-state index in [2.05, 4.69) is 15.3 Å². The van der Waals surface area contributed by atoms with Gasteiger partial charge in [-0.15, -0.1) is 0 Å². The summed E-state index contributed by atoms with van der Waals surface area (Å²) in [6, 6.07) is 7.51. The van der Waals surface area contributed by atoms with E-state index < -0.39 is 0 Å². The third-order valence-corrected chi connectivity index (χ3v) is 5.50. The molecule has 2 amide bonds. The second kappa shape index (κ2) is 9.32. The Morgan fingerprint density at radius 2 is 2.16 bits per heavy atom. The fourth-order valence-corrected chi connectivity index (χ4v) is 3.98. The third kappa shape index (κ3) is 4.95. The molecular weight excluding hydrogens is 394 g/mol. The zero-order chi connectivity index (χ0) is 21.8. The van der Waals surface area contributed by atoms with Crippen LogP contribution in [0.25, 0.3) is 0 Å². The lowest BCUT2D eigenvalue weighted by atomic mass is 10.1. The van der Waals surface area contributed by atoms with Crippen LogP contribution >= 0.6 is 0 Å². The number of benzene rings is 1. The molecule has 0 unspecified atom stereocenters. The number of carbonyl (C=O) groups excluding carboxylic acids is 2. The molecule has 4 rings (SSSR count). The highest BCUT2D eigenvalue weighted by molar-refractivity contribution is 6.05. The summed E-state index contributed by atoms with van der Waals surface area (Å²) in [5, 5.41) is 3.19. The summed E-state index contributed by atoms with van der Waals surface area (Å²) < 4.78 is 5.57. The van der Waals surface area contributed by atoms with Crippen LogP contribution in [0.5, 0.6) is 5.75 Å². The van der Waals surface area contributed by atoms with E-state index >= 15 is 0 Å². The molecule has 0 radical (unpaired) electrons. The zero-order valence-electron chi connectivity index (χ0n) is 18.1. The van der Waals surface area contributed by atoms with E-state index in [4.69, 9.17) is 4.74 Å². The Morgan fingerprint density at radius 3 is 2.94 bits per heavy atom. The highest BCUT2D eigenvalue weighted by atomic mass is 16.5. The molecular formula is C23H29N5O3. The number of amides is 2. The highest BCUT2D eigenvalue weighted by Gasteiger charge is 2.24. The SMILES string of the molecule is CC(C)Nc1nccc(N(CCCN2CCCC2=O)C(=O)c2ccc3c(c2)CCO3)n1. The first-order valence-electron chi connectivity index (χ1n) is 11.0. The van der Waals surface area contributed by atoms with E-state index in [0.717, 1.165) is 30.7 Å². The largest absolute Gasteiger partial charge is 0.493 e. The lowest BCUT2D eigenvalue weighted by Gasteiger charge is -2.24. The van der Waals surface area contributed by atoms with Crippen LogP contribution < -0.4 is 15.0 Å². The van der Waals surface area contributed by atoms with Gasteiger partial charge in [0.2, 0.25) is 11.9 Å². The first kappa shape index (κ1) is 21.1. The van der Waals surface area contributed by atoms with Crippen molar-refractivity contribution in [2.24, 2.45) is 0 Å². The Hall–Kier alpha value is -3.16. The normalized spacial score (nSPS) is 15.2. The molecule has 8 heteroatoms. The van der Waals surface area contributed by atoms with Gasteiger partial charge in [0.25, 0.3) is 5.91 Å². The Bertz CT molecular complexity index is 962. The molecule has 1 fully saturated rings. The molecule has 0 atom stereocenters. The number of aromatic nitrogens is 2. The molecule has 31 heavy (non-hydrogen) atoms. The van der Waals surface area contributed by atoms with Crippen LogP contribution in [0.3, 0.4) is 0 Å². The van der Waals surface area contributed by atoms with Gasteiger partial charge in [0, 0.05) is 50.3 Å². The number of anilines is 2. The first-order chi connectivity index (χ1) is 15.0. The number of hydrogen-bond donors (Lipinski definition) is 1. The first-order valence-corrected chi connectivity index (χ1v) is 11.0. The number of carbonyl (C=O) groups is 2. The highest BCUT2D eigenvalue weighted by Crippen LogP contribution is 2.27. The average Bonchev–Trinajstić information content (AvgIpc) is 3.38. The molecule has 3 heterocycles. The Kier molecular flexibility index (Phi) is 6.34. The van der Waals surface area contributed by atoms with Gasteiger partial charge in [-0.25, -0.2) is 4.98 Å². The minimum Gasteiger partial charge on any atom is -0.493 e. The molecule has 2 aliphatic rings. The molecule has 0 bridgehead atoms. The second-order valence-electron chi connectivity index (χ2n) is 8.25. The zero-order valence-corrected chi connectivity index (χ0v) is 18.1.